The van der Waals surface area contributed by atoms with Crippen molar-refractivity contribution in [2.24, 2.45) is 0 Å². The second kappa shape index (κ2) is 6.37. The molecule has 0 saturated carbocycles. The van der Waals surface area contributed by atoms with Gasteiger partial charge < -0.3 is 0 Å². The van der Waals surface area contributed by atoms with E-state index >= 15 is 0 Å². The first-order chi connectivity index (χ1) is 9.56. The van der Waals surface area contributed by atoms with E-state index in [1.165, 1.54) is 20.8 Å². The maximum atomic E-state index is 12.1. The summed E-state index contributed by atoms with van der Waals surface area (Å²) in [6.45, 7) is 4.39. The van der Waals surface area contributed by atoms with Crippen molar-refractivity contribution in [2.45, 2.75) is 52.6 Å². The van der Waals surface area contributed by atoms with Crippen LogP contribution in [0.3, 0.4) is 0 Å². The molecule has 0 heterocycles. The number of halogens is 3. The Morgan fingerprint density at radius 2 is 1.43 bits per heavy atom. The molecule has 21 heavy (non-hydrogen) atoms. The second-order valence-electron chi connectivity index (χ2n) is 5.15. The number of Topliss-reactive ketones (excluding diaryl/α,β-unsaturated/α-hetero) is 3. The van der Waals surface area contributed by atoms with Crippen LogP contribution in [0.5, 0.6) is 0 Å². The predicted molar refractivity (Wildman–Crippen MR) is 70.6 cm³/mol. The summed E-state index contributed by atoms with van der Waals surface area (Å²) >= 11 is 0. The molecular formula is C15H17F3O3. The smallest absolute Gasteiger partial charge is 0.294 e. The summed E-state index contributed by atoms with van der Waals surface area (Å²) in [4.78, 5) is 36.0. The molecule has 0 fully saturated rings. The standard InChI is InChI=1S/C15H17F3O3/c1-8-9(2)14(21)12(10(3)13(8)20)11(19)6-4-5-7-15(16,17)18/h4-7H2,1-3H3. The minimum atomic E-state index is -4.24. The Labute approximate surface area is 120 Å². The molecule has 0 radical (unpaired) electrons. The monoisotopic (exact) mass is 302 g/mol. The van der Waals surface area contributed by atoms with Gasteiger partial charge in [-0.2, -0.15) is 13.2 Å². The fourth-order valence-corrected chi connectivity index (χ4v) is 2.16. The van der Waals surface area contributed by atoms with E-state index in [0.29, 0.717) is 5.57 Å². The van der Waals surface area contributed by atoms with E-state index in [4.69, 9.17) is 0 Å². The van der Waals surface area contributed by atoms with E-state index in [-0.39, 0.29) is 41.8 Å². The summed E-state index contributed by atoms with van der Waals surface area (Å²) in [5.74, 6) is -1.41. The van der Waals surface area contributed by atoms with E-state index < -0.39 is 24.2 Å². The van der Waals surface area contributed by atoms with Crippen LogP contribution >= 0.6 is 0 Å². The fraction of sp³-hybridized carbons (Fsp3) is 0.533. The van der Waals surface area contributed by atoms with Crippen LogP contribution < -0.4 is 0 Å². The molecule has 0 N–H and O–H groups in total. The largest absolute Gasteiger partial charge is 0.389 e. The normalized spacial score (nSPS) is 16.9. The molecule has 116 valence electrons. The third-order valence-electron chi connectivity index (χ3n) is 3.58. The van der Waals surface area contributed by atoms with E-state index in [1.54, 1.807) is 0 Å². The zero-order chi connectivity index (χ0) is 16.4. The molecule has 0 bridgehead atoms. The molecule has 0 unspecified atom stereocenters. The zero-order valence-electron chi connectivity index (χ0n) is 12.2. The van der Waals surface area contributed by atoms with Crippen LogP contribution in [-0.4, -0.2) is 23.5 Å². The number of allylic oxidation sites excluding steroid dienone is 4. The quantitative estimate of drug-likeness (QED) is 0.444. The summed E-state index contributed by atoms with van der Waals surface area (Å²) < 4.78 is 36.0. The Morgan fingerprint density at radius 3 is 1.95 bits per heavy atom. The molecule has 1 rings (SSSR count). The molecule has 1 aliphatic rings. The van der Waals surface area contributed by atoms with Gasteiger partial charge in [0.25, 0.3) is 0 Å². The number of carbonyl (C=O) groups is 3. The van der Waals surface area contributed by atoms with Crippen LogP contribution in [0.15, 0.2) is 22.3 Å². The van der Waals surface area contributed by atoms with Gasteiger partial charge >= 0.3 is 6.18 Å². The zero-order valence-corrected chi connectivity index (χ0v) is 12.2. The summed E-state index contributed by atoms with van der Waals surface area (Å²) in [5.41, 5.74) is 0.453. The number of ketones is 3. The highest BCUT2D eigenvalue weighted by Gasteiger charge is 2.32. The van der Waals surface area contributed by atoms with Gasteiger partial charge in [-0.15, -0.1) is 0 Å². The van der Waals surface area contributed by atoms with Crippen LogP contribution in [-0.2, 0) is 14.4 Å². The minimum absolute atomic E-state index is 0.0400. The molecule has 0 amide bonds. The van der Waals surface area contributed by atoms with Gasteiger partial charge in [0.15, 0.2) is 17.3 Å². The molecule has 0 aromatic heterocycles. The lowest BCUT2D eigenvalue weighted by molar-refractivity contribution is -0.136. The maximum Gasteiger partial charge on any atom is 0.389 e. The van der Waals surface area contributed by atoms with Crippen LogP contribution in [0.4, 0.5) is 13.2 Å². The van der Waals surface area contributed by atoms with Gasteiger partial charge in [-0.05, 0) is 33.6 Å². The third-order valence-corrected chi connectivity index (χ3v) is 3.58. The van der Waals surface area contributed by atoms with Gasteiger partial charge in [0.1, 0.15) is 0 Å². The van der Waals surface area contributed by atoms with Gasteiger partial charge in [-0.25, -0.2) is 0 Å². The van der Waals surface area contributed by atoms with Crippen LogP contribution in [0.1, 0.15) is 46.5 Å². The predicted octanol–water partition coefficient (Wildman–Crippen LogP) is 3.48. The van der Waals surface area contributed by atoms with Crippen LogP contribution in [0, 0.1) is 0 Å². The molecule has 0 atom stereocenters. The van der Waals surface area contributed by atoms with Gasteiger partial charge in [0.05, 0.1) is 5.57 Å². The molecule has 0 aromatic rings. The summed E-state index contributed by atoms with van der Waals surface area (Å²) in [5, 5.41) is 0. The first-order valence-corrected chi connectivity index (χ1v) is 6.64. The Morgan fingerprint density at radius 1 is 0.905 bits per heavy atom. The Balaban J connectivity index is 2.74. The van der Waals surface area contributed by atoms with Gasteiger partial charge in [0, 0.05) is 29.6 Å². The molecule has 6 heteroatoms. The minimum Gasteiger partial charge on any atom is -0.294 e. The number of unbranched alkanes of at least 4 members (excludes halogenated alkanes) is 1. The molecule has 3 nitrogen and oxygen atoms in total. The molecule has 1 aliphatic carbocycles. The van der Waals surface area contributed by atoms with E-state index in [1.807, 2.05) is 0 Å². The molecule has 0 spiro atoms. The lowest BCUT2D eigenvalue weighted by atomic mass is 9.83. The lowest BCUT2D eigenvalue weighted by Crippen LogP contribution is -2.25. The van der Waals surface area contributed by atoms with Gasteiger partial charge in [-0.1, -0.05) is 0 Å². The highest BCUT2D eigenvalue weighted by molar-refractivity contribution is 6.35. The summed E-state index contributed by atoms with van der Waals surface area (Å²) in [6.07, 6.45) is -5.49. The molecule has 0 aliphatic heterocycles. The number of carbonyl (C=O) groups excluding carboxylic acids is 3. The number of hydrogen-bond acceptors (Lipinski definition) is 3. The average Bonchev–Trinajstić information content (AvgIpc) is 2.38. The highest BCUT2D eigenvalue weighted by atomic mass is 19.4. The van der Waals surface area contributed by atoms with Crippen molar-refractivity contribution < 1.29 is 27.6 Å². The van der Waals surface area contributed by atoms with Crippen LogP contribution in [0.25, 0.3) is 0 Å². The van der Waals surface area contributed by atoms with Crippen molar-refractivity contribution in [3.63, 3.8) is 0 Å². The first-order valence-electron chi connectivity index (χ1n) is 6.64. The van der Waals surface area contributed by atoms with Crippen molar-refractivity contribution in [1.29, 1.82) is 0 Å². The molecular weight excluding hydrogens is 285 g/mol. The van der Waals surface area contributed by atoms with Crippen molar-refractivity contribution >= 4 is 17.3 Å². The SMILES string of the molecule is CC1=C(C)C(=O)C(C(=O)CCCCC(F)(F)F)=C(C)C1=O. The Hall–Kier alpha value is -1.72. The van der Waals surface area contributed by atoms with E-state index in [9.17, 15) is 27.6 Å². The fourth-order valence-electron chi connectivity index (χ4n) is 2.16. The summed E-state index contributed by atoms with van der Waals surface area (Å²) in [7, 11) is 0. The number of hydrogen-bond donors (Lipinski definition) is 0. The van der Waals surface area contributed by atoms with E-state index in [0.717, 1.165) is 0 Å². The van der Waals surface area contributed by atoms with Crippen molar-refractivity contribution in [3.8, 4) is 0 Å². The van der Waals surface area contributed by atoms with Crippen molar-refractivity contribution in [2.75, 3.05) is 0 Å². The first kappa shape index (κ1) is 17.3. The highest BCUT2D eigenvalue weighted by Crippen LogP contribution is 2.27. The number of alkyl halides is 3. The Kier molecular flexibility index (Phi) is 5.25. The van der Waals surface area contributed by atoms with Crippen LogP contribution in [0.2, 0.25) is 0 Å². The molecule has 0 aromatic carbocycles. The van der Waals surface area contributed by atoms with Crippen molar-refractivity contribution in [1.82, 2.24) is 0 Å². The van der Waals surface area contributed by atoms with E-state index in [2.05, 4.69) is 0 Å². The topological polar surface area (TPSA) is 51.2 Å². The Bertz CT molecular complexity index is 551. The van der Waals surface area contributed by atoms with Gasteiger partial charge in [0.2, 0.25) is 0 Å². The molecule has 0 saturated heterocycles. The number of rotatable bonds is 5. The third kappa shape index (κ3) is 4.12. The second-order valence-corrected chi connectivity index (χ2v) is 5.15. The average molecular weight is 302 g/mol. The lowest BCUT2D eigenvalue weighted by Gasteiger charge is -2.17. The van der Waals surface area contributed by atoms with Gasteiger partial charge in [-0.3, -0.25) is 14.4 Å². The van der Waals surface area contributed by atoms with Crippen molar-refractivity contribution in [3.05, 3.63) is 22.3 Å². The summed E-state index contributed by atoms with van der Waals surface area (Å²) in [6, 6.07) is 0. The maximum absolute atomic E-state index is 12.1.